The first kappa shape index (κ1) is 22.1. The quantitative estimate of drug-likeness (QED) is 0.501. The molecule has 2 aromatic heterocycles. The number of aryl methyl sites for hydroxylation is 1. The normalized spacial score (nSPS) is 15.0. The molecule has 1 amide bonds. The Morgan fingerprint density at radius 2 is 1.88 bits per heavy atom. The number of pyridine rings is 1. The summed E-state index contributed by atoms with van der Waals surface area (Å²) in [5.74, 6) is -0.0510. The number of piperidine rings is 1. The smallest absolute Gasteiger partial charge is 0.258 e. The first-order chi connectivity index (χ1) is 16.5. The highest BCUT2D eigenvalue weighted by Crippen LogP contribution is 2.22. The van der Waals surface area contributed by atoms with E-state index >= 15 is 0 Å². The van der Waals surface area contributed by atoms with Crippen molar-refractivity contribution in [1.29, 1.82) is 0 Å². The Bertz CT molecular complexity index is 1400. The van der Waals surface area contributed by atoms with Gasteiger partial charge in [-0.3, -0.25) is 14.3 Å². The van der Waals surface area contributed by atoms with Crippen molar-refractivity contribution in [2.75, 3.05) is 20.1 Å². The van der Waals surface area contributed by atoms with Crippen LogP contribution in [0.2, 0.25) is 0 Å². The average molecular weight is 456 g/mol. The minimum Gasteiger partial charge on any atom is -0.349 e. The lowest BCUT2D eigenvalue weighted by molar-refractivity contribution is 0.0916. The maximum atomic E-state index is 13.2. The van der Waals surface area contributed by atoms with Crippen LogP contribution in [0.4, 0.5) is 0 Å². The number of aromatic nitrogens is 3. The summed E-state index contributed by atoms with van der Waals surface area (Å²) in [5, 5.41) is 8.96. The van der Waals surface area contributed by atoms with Gasteiger partial charge in [0.15, 0.2) is 0 Å². The maximum absolute atomic E-state index is 13.2. The zero-order valence-corrected chi connectivity index (χ0v) is 19.6. The molecule has 0 bridgehead atoms. The lowest BCUT2D eigenvalue weighted by atomic mass is 10.0. The highest BCUT2D eigenvalue weighted by molar-refractivity contribution is 5.94. The molecule has 1 aliphatic heterocycles. The molecule has 1 saturated heterocycles. The van der Waals surface area contributed by atoms with Crippen molar-refractivity contribution >= 4 is 16.7 Å². The van der Waals surface area contributed by atoms with E-state index in [4.69, 9.17) is 0 Å². The molecular weight excluding hydrogens is 426 g/mol. The van der Waals surface area contributed by atoms with E-state index in [1.165, 1.54) is 0 Å². The van der Waals surface area contributed by atoms with E-state index in [0.29, 0.717) is 17.5 Å². The summed E-state index contributed by atoms with van der Waals surface area (Å²) in [6.07, 6.45) is 5.52. The number of nitrogens with zero attached hydrogens (tertiary/aromatic N) is 4. The van der Waals surface area contributed by atoms with Gasteiger partial charge in [0.2, 0.25) is 0 Å². The van der Waals surface area contributed by atoms with Crippen molar-refractivity contribution in [2.24, 2.45) is 7.05 Å². The number of fused-ring (bicyclic) bond motifs is 1. The SMILES string of the molecule is CN1CCC(NC(=O)c2cccc(Cn3ccc4cc(-c5ccnn5C)ccc4c3=O)c2)CC1. The second-order valence-corrected chi connectivity index (χ2v) is 9.14. The fourth-order valence-corrected chi connectivity index (χ4v) is 4.66. The van der Waals surface area contributed by atoms with Crippen LogP contribution in [-0.4, -0.2) is 51.3 Å². The van der Waals surface area contributed by atoms with Crippen LogP contribution >= 0.6 is 0 Å². The molecule has 1 aliphatic rings. The van der Waals surface area contributed by atoms with Crippen molar-refractivity contribution in [3.05, 3.63) is 88.5 Å². The fourth-order valence-electron chi connectivity index (χ4n) is 4.66. The van der Waals surface area contributed by atoms with E-state index in [9.17, 15) is 9.59 Å². The van der Waals surface area contributed by atoms with Crippen LogP contribution in [0, 0.1) is 0 Å². The Balaban J connectivity index is 1.35. The second kappa shape index (κ2) is 9.27. The number of benzene rings is 2. The van der Waals surface area contributed by atoms with Gasteiger partial charge in [-0.05, 0) is 80.3 Å². The summed E-state index contributed by atoms with van der Waals surface area (Å²) in [4.78, 5) is 28.2. The summed E-state index contributed by atoms with van der Waals surface area (Å²) in [5.41, 5.74) is 3.53. The van der Waals surface area contributed by atoms with Crippen LogP contribution in [0.1, 0.15) is 28.8 Å². The van der Waals surface area contributed by atoms with E-state index in [1.807, 2.05) is 72.5 Å². The monoisotopic (exact) mass is 455 g/mol. The number of carbonyl (C=O) groups excluding carboxylic acids is 1. The van der Waals surface area contributed by atoms with Gasteiger partial charge in [0.25, 0.3) is 11.5 Å². The lowest BCUT2D eigenvalue weighted by Crippen LogP contribution is -2.43. The highest BCUT2D eigenvalue weighted by Gasteiger charge is 2.19. The van der Waals surface area contributed by atoms with Crippen LogP contribution in [0.15, 0.2) is 71.8 Å². The molecule has 0 atom stereocenters. The third-order valence-electron chi connectivity index (χ3n) is 6.69. The van der Waals surface area contributed by atoms with Crippen molar-refractivity contribution in [3.8, 4) is 11.3 Å². The Labute approximate surface area is 198 Å². The van der Waals surface area contributed by atoms with Gasteiger partial charge in [-0.2, -0.15) is 5.10 Å². The number of likely N-dealkylation sites (tertiary alicyclic amines) is 1. The molecule has 3 heterocycles. The zero-order chi connectivity index (χ0) is 23.7. The van der Waals surface area contributed by atoms with Crippen LogP contribution < -0.4 is 10.9 Å². The van der Waals surface area contributed by atoms with E-state index in [1.54, 1.807) is 10.8 Å². The minimum atomic E-state index is -0.0510. The average Bonchev–Trinajstić information content (AvgIpc) is 3.28. The molecule has 0 spiro atoms. The first-order valence-corrected chi connectivity index (χ1v) is 11.7. The Kier molecular flexibility index (Phi) is 6.02. The van der Waals surface area contributed by atoms with Crippen LogP contribution in [0.25, 0.3) is 22.0 Å². The van der Waals surface area contributed by atoms with E-state index < -0.39 is 0 Å². The summed E-state index contributed by atoms with van der Waals surface area (Å²) in [7, 11) is 4.01. The third-order valence-corrected chi connectivity index (χ3v) is 6.69. The molecule has 0 saturated carbocycles. The van der Waals surface area contributed by atoms with Gasteiger partial charge < -0.3 is 14.8 Å². The largest absolute Gasteiger partial charge is 0.349 e. The number of rotatable bonds is 5. The van der Waals surface area contributed by atoms with Crippen molar-refractivity contribution in [3.63, 3.8) is 0 Å². The molecule has 2 aromatic carbocycles. The third kappa shape index (κ3) is 4.52. The highest BCUT2D eigenvalue weighted by atomic mass is 16.1. The molecule has 1 N–H and O–H groups in total. The first-order valence-electron chi connectivity index (χ1n) is 11.7. The van der Waals surface area contributed by atoms with Crippen LogP contribution in [0.3, 0.4) is 0 Å². The minimum absolute atomic E-state index is 0.0461. The van der Waals surface area contributed by atoms with Crippen LogP contribution in [0.5, 0.6) is 0 Å². The number of amides is 1. The fraction of sp³-hybridized carbons (Fsp3) is 0.296. The van der Waals surface area contributed by atoms with Gasteiger partial charge in [0.1, 0.15) is 0 Å². The van der Waals surface area contributed by atoms with E-state index in [0.717, 1.165) is 48.1 Å². The second-order valence-electron chi connectivity index (χ2n) is 9.14. The molecule has 4 aromatic rings. The van der Waals surface area contributed by atoms with E-state index in [2.05, 4.69) is 22.4 Å². The molecule has 7 nitrogen and oxygen atoms in total. The van der Waals surface area contributed by atoms with Gasteiger partial charge in [0.05, 0.1) is 12.2 Å². The summed E-state index contributed by atoms with van der Waals surface area (Å²) >= 11 is 0. The number of nitrogens with one attached hydrogen (secondary N) is 1. The standard InChI is InChI=1S/C27H29N5O2/c1-30-13-10-23(11-14-30)29-26(33)22-5-3-4-19(16-22)18-32-15-9-20-17-21(6-7-24(20)27(32)34)25-8-12-28-31(25)2/h3-9,12,15-17,23H,10-11,13-14,18H2,1-2H3,(H,29,33). The van der Waals surface area contributed by atoms with Crippen molar-refractivity contribution in [1.82, 2.24) is 24.6 Å². The molecule has 5 rings (SSSR count). The predicted molar refractivity (Wildman–Crippen MR) is 134 cm³/mol. The zero-order valence-electron chi connectivity index (χ0n) is 19.6. The topological polar surface area (TPSA) is 72.2 Å². The molecule has 34 heavy (non-hydrogen) atoms. The molecule has 7 heteroatoms. The van der Waals surface area contributed by atoms with Crippen molar-refractivity contribution in [2.45, 2.75) is 25.4 Å². The van der Waals surface area contributed by atoms with Crippen molar-refractivity contribution < 1.29 is 4.79 Å². The molecule has 0 aliphatic carbocycles. The summed E-state index contributed by atoms with van der Waals surface area (Å²) in [6, 6.07) is 17.5. The molecule has 174 valence electrons. The molecule has 0 radical (unpaired) electrons. The number of hydrogen-bond acceptors (Lipinski definition) is 4. The van der Waals surface area contributed by atoms with Crippen LogP contribution in [-0.2, 0) is 13.6 Å². The van der Waals surface area contributed by atoms with Gasteiger partial charge in [-0.1, -0.05) is 18.2 Å². The van der Waals surface area contributed by atoms with Gasteiger partial charge in [-0.25, -0.2) is 0 Å². The number of hydrogen-bond donors (Lipinski definition) is 1. The van der Waals surface area contributed by atoms with E-state index in [-0.39, 0.29) is 17.5 Å². The van der Waals surface area contributed by atoms with Gasteiger partial charge in [-0.15, -0.1) is 0 Å². The lowest BCUT2D eigenvalue weighted by Gasteiger charge is -2.29. The summed E-state index contributed by atoms with van der Waals surface area (Å²) in [6.45, 7) is 2.41. The Morgan fingerprint density at radius 3 is 2.65 bits per heavy atom. The van der Waals surface area contributed by atoms with Gasteiger partial charge >= 0.3 is 0 Å². The Morgan fingerprint density at radius 1 is 1.06 bits per heavy atom. The molecule has 1 fully saturated rings. The summed E-state index contributed by atoms with van der Waals surface area (Å²) < 4.78 is 3.51. The Hall–Kier alpha value is -3.71. The predicted octanol–water partition coefficient (Wildman–Crippen LogP) is 3.27. The molecular formula is C27H29N5O2. The molecule has 0 unspecified atom stereocenters. The van der Waals surface area contributed by atoms with Gasteiger partial charge in [0, 0.05) is 42.0 Å². The number of carbonyl (C=O) groups is 1. The maximum Gasteiger partial charge on any atom is 0.258 e.